The minimum Gasteiger partial charge on any atom is -0.309 e. The zero-order chi connectivity index (χ0) is 46.3. The number of para-hydroxylation sites is 7. The highest BCUT2D eigenvalue weighted by Gasteiger charge is 2.24. The van der Waals surface area contributed by atoms with E-state index in [0.717, 1.165) is 39.5 Å². The van der Waals surface area contributed by atoms with Crippen LogP contribution in [0.5, 0.6) is 0 Å². The van der Waals surface area contributed by atoms with E-state index in [4.69, 9.17) is 0 Å². The lowest BCUT2D eigenvalue weighted by molar-refractivity contribution is 1.12. The van der Waals surface area contributed by atoms with E-state index < -0.39 is 0 Å². The van der Waals surface area contributed by atoms with Gasteiger partial charge < -0.3 is 22.8 Å². The third-order valence-electron chi connectivity index (χ3n) is 15.2. The topological polar surface area (TPSA) is 24.6 Å². The van der Waals surface area contributed by atoms with Crippen LogP contribution in [0.1, 0.15) is 0 Å². The summed E-state index contributed by atoms with van der Waals surface area (Å²) in [6.45, 7) is 0. The molecule has 16 aromatic rings. The number of aromatic nitrogens is 5. The van der Waals surface area contributed by atoms with Gasteiger partial charge >= 0.3 is 0 Å². The molecule has 0 amide bonds. The molecule has 71 heavy (non-hydrogen) atoms. The summed E-state index contributed by atoms with van der Waals surface area (Å²) in [7, 11) is 0. The van der Waals surface area contributed by atoms with Crippen LogP contribution in [0, 0.1) is 0 Å². The van der Waals surface area contributed by atoms with Crippen molar-refractivity contribution in [1.29, 1.82) is 0 Å². The lowest BCUT2D eigenvalue weighted by Crippen LogP contribution is -2.00. The van der Waals surface area contributed by atoms with Crippen LogP contribution in [0.25, 0.3) is 137 Å². The van der Waals surface area contributed by atoms with E-state index in [1.165, 1.54) is 98.0 Å². The molecule has 0 aliphatic rings. The molecule has 0 aliphatic carbocycles. The Labute approximate surface area is 407 Å². The highest BCUT2D eigenvalue weighted by atomic mass is 15.1. The summed E-state index contributed by atoms with van der Waals surface area (Å²) in [5, 5.41) is 12.4. The van der Waals surface area contributed by atoms with Gasteiger partial charge in [-0.15, -0.1) is 0 Å². The van der Waals surface area contributed by atoms with E-state index in [-0.39, 0.29) is 0 Å². The summed E-state index contributed by atoms with van der Waals surface area (Å²) >= 11 is 0. The molecule has 0 atom stereocenters. The van der Waals surface area contributed by atoms with Gasteiger partial charge in [-0.3, -0.25) is 0 Å². The van der Waals surface area contributed by atoms with Gasteiger partial charge in [-0.25, -0.2) is 0 Å². The molecule has 0 spiro atoms. The molecule has 0 unspecified atom stereocenters. The second-order valence-electron chi connectivity index (χ2n) is 18.9. The van der Waals surface area contributed by atoms with E-state index in [2.05, 4.69) is 272 Å². The molecule has 16 rings (SSSR count). The number of benzene rings is 11. The van der Waals surface area contributed by atoms with Gasteiger partial charge in [-0.05, 0) is 91.0 Å². The van der Waals surface area contributed by atoms with Crippen LogP contribution < -0.4 is 0 Å². The SMILES string of the molecule is c1ccc(-n2c3ccccc3c3ccc4c5ccccc5n(-c5cccc(-n6c7ccccc7c7c6ccc6c8ccccc8n(-c8cccc(-n9c%10ccccc%10c%10ccccc%109)c8)c67)c5)c4c32)cc1. The summed E-state index contributed by atoms with van der Waals surface area (Å²) in [6, 6.07) is 91.5. The highest BCUT2D eigenvalue weighted by Crippen LogP contribution is 2.45. The zero-order valence-electron chi connectivity index (χ0n) is 38.4. The Morgan fingerprint density at radius 3 is 0.944 bits per heavy atom. The van der Waals surface area contributed by atoms with Gasteiger partial charge in [-0.2, -0.15) is 0 Å². The lowest BCUT2D eigenvalue weighted by atomic mass is 10.1. The first kappa shape index (κ1) is 38.4. The molecule has 5 heteroatoms. The van der Waals surface area contributed by atoms with E-state index in [9.17, 15) is 0 Å². The fourth-order valence-corrected chi connectivity index (χ4v) is 12.4. The van der Waals surface area contributed by atoms with Crippen molar-refractivity contribution in [3.8, 4) is 28.4 Å². The first-order chi connectivity index (χ1) is 35.3. The van der Waals surface area contributed by atoms with Crippen molar-refractivity contribution in [3.63, 3.8) is 0 Å². The quantitative estimate of drug-likeness (QED) is 0.164. The van der Waals surface area contributed by atoms with Gasteiger partial charge in [0.2, 0.25) is 0 Å². The molecule has 330 valence electrons. The normalized spacial score (nSPS) is 12.2. The summed E-state index contributed by atoms with van der Waals surface area (Å²) < 4.78 is 12.4. The van der Waals surface area contributed by atoms with Gasteiger partial charge in [0.15, 0.2) is 0 Å². The molecule has 0 bridgehead atoms. The summed E-state index contributed by atoms with van der Waals surface area (Å²) in [4.78, 5) is 0. The predicted octanol–water partition coefficient (Wildman–Crippen LogP) is 17.2. The predicted molar refractivity (Wildman–Crippen MR) is 298 cm³/mol. The van der Waals surface area contributed by atoms with Gasteiger partial charge in [0.05, 0.1) is 55.2 Å². The molecule has 0 N–H and O–H groups in total. The van der Waals surface area contributed by atoms with Gasteiger partial charge in [0.1, 0.15) is 0 Å². The van der Waals surface area contributed by atoms with Crippen molar-refractivity contribution < 1.29 is 0 Å². The second-order valence-corrected chi connectivity index (χ2v) is 18.9. The van der Waals surface area contributed by atoms with Gasteiger partial charge in [0, 0.05) is 82.3 Å². The van der Waals surface area contributed by atoms with Crippen molar-refractivity contribution in [3.05, 3.63) is 249 Å². The van der Waals surface area contributed by atoms with Crippen molar-refractivity contribution in [1.82, 2.24) is 22.8 Å². The minimum absolute atomic E-state index is 1.10. The molecule has 0 fully saturated rings. The molecular formula is C66H41N5. The van der Waals surface area contributed by atoms with Crippen molar-refractivity contribution in [2.24, 2.45) is 0 Å². The summed E-state index contributed by atoms with van der Waals surface area (Å²) in [5.41, 5.74) is 17.5. The maximum absolute atomic E-state index is 2.51. The Morgan fingerprint density at radius 2 is 0.465 bits per heavy atom. The van der Waals surface area contributed by atoms with Crippen LogP contribution in [0.3, 0.4) is 0 Å². The van der Waals surface area contributed by atoms with Crippen molar-refractivity contribution >= 4 is 109 Å². The number of hydrogen-bond donors (Lipinski definition) is 0. The summed E-state index contributed by atoms with van der Waals surface area (Å²) in [6.07, 6.45) is 0. The molecule has 5 nitrogen and oxygen atoms in total. The molecule has 5 heterocycles. The minimum atomic E-state index is 1.10. The van der Waals surface area contributed by atoms with E-state index in [1.54, 1.807) is 0 Å². The fraction of sp³-hybridized carbons (Fsp3) is 0. The second kappa shape index (κ2) is 14.5. The average Bonchev–Trinajstić information content (AvgIpc) is 4.23. The van der Waals surface area contributed by atoms with E-state index >= 15 is 0 Å². The van der Waals surface area contributed by atoms with Crippen molar-refractivity contribution in [2.45, 2.75) is 0 Å². The Kier molecular flexibility index (Phi) is 7.82. The molecule has 11 aromatic carbocycles. The van der Waals surface area contributed by atoms with Crippen LogP contribution in [0.2, 0.25) is 0 Å². The third-order valence-corrected chi connectivity index (χ3v) is 15.2. The van der Waals surface area contributed by atoms with Gasteiger partial charge in [-0.1, -0.05) is 158 Å². The zero-order valence-corrected chi connectivity index (χ0v) is 38.4. The molecule has 5 aromatic heterocycles. The Bertz CT molecular complexity index is 4830. The van der Waals surface area contributed by atoms with E-state index in [1.807, 2.05) is 0 Å². The van der Waals surface area contributed by atoms with Crippen LogP contribution in [-0.4, -0.2) is 22.8 Å². The number of fused-ring (bicyclic) bond motifs is 17. The Balaban J connectivity index is 0.964. The number of hydrogen-bond acceptors (Lipinski definition) is 0. The summed E-state index contributed by atoms with van der Waals surface area (Å²) in [5.74, 6) is 0. The first-order valence-electron chi connectivity index (χ1n) is 24.4. The number of nitrogens with zero attached hydrogens (tertiary/aromatic N) is 5. The molecule has 0 saturated heterocycles. The maximum atomic E-state index is 2.51. The molecule has 0 radical (unpaired) electrons. The van der Waals surface area contributed by atoms with Crippen LogP contribution >= 0.6 is 0 Å². The Hall–Kier alpha value is -9.58. The monoisotopic (exact) mass is 903 g/mol. The van der Waals surface area contributed by atoms with Crippen LogP contribution in [0.15, 0.2) is 249 Å². The standard InChI is InChI=1S/C66H41N5/c1-2-18-42(19-3-1)69-58-32-12-7-27-50(58)53-36-37-54-51-28-8-14-34-60(51)71(66(54)65(53)69)46-23-17-21-44(41-46)68-61-35-15-9-29-55(61)63-62(68)39-38-52-49-26-6-13-33-59(49)70(64(52)63)45-22-16-20-43(40-45)67-56-30-10-4-24-47(56)48-25-5-11-31-57(48)67/h1-41H. The molecule has 0 saturated carbocycles. The van der Waals surface area contributed by atoms with Crippen molar-refractivity contribution in [2.75, 3.05) is 0 Å². The average molecular weight is 904 g/mol. The maximum Gasteiger partial charge on any atom is 0.0788 e. The highest BCUT2D eigenvalue weighted by molar-refractivity contribution is 6.27. The van der Waals surface area contributed by atoms with Gasteiger partial charge in [0.25, 0.3) is 0 Å². The van der Waals surface area contributed by atoms with E-state index in [0.29, 0.717) is 0 Å². The Morgan fingerprint density at radius 1 is 0.169 bits per heavy atom. The lowest BCUT2D eigenvalue weighted by Gasteiger charge is -2.15. The van der Waals surface area contributed by atoms with Crippen LogP contribution in [-0.2, 0) is 0 Å². The third kappa shape index (κ3) is 5.24. The van der Waals surface area contributed by atoms with Crippen LogP contribution in [0.4, 0.5) is 0 Å². The number of rotatable bonds is 5. The molecular weight excluding hydrogens is 863 g/mol. The largest absolute Gasteiger partial charge is 0.309 e. The first-order valence-corrected chi connectivity index (χ1v) is 24.4. The molecule has 0 aliphatic heterocycles. The fourth-order valence-electron chi connectivity index (χ4n) is 12.4. The smallest absolute Gasteiger partial charge is 0.0788 e.